The lowest BCUT2D eigenvalue weighted by Gasteiger charge is -2.19. The molecule has 0 atom stereocenters. The smallest absolute Gasteiger partial charge is 0.157 e. The van der Waals surface area contributed by atoms with Gasteiger partial charge in [-0.3, -0.25) is 0 Å². The van der Waals surface area contributed by atoms with Gasteiger partial charge in [0.25, 0.3) is 0 Å². The lowest BCUT2D eigenvalue weighted by Crippen LogP contribution is -2.19. The Morgan fingerprint density at radius 1 is 0.560 bits per heavy atom. The van der Waals surface area contributed by atoms with Gasteiger partial charge in [0, 0.05) is 19.1 Å². The monoisotopic (exact) mass is 376 g/mol. The summed E-state index contributed by atoms with van der Waals surface area (Å²) in [5.74, 6) is 0.766. The van der Waals surface area contributed by atoms with Crippen molar-refractivity contribution < 1.29 is 9.47 Å². The molecular weight excluding hydrogens is 332 g/mol. The summed E-state index contributed by atoms with van der Waals surface area (Å²) >= 11 is 5.76. The van der Waals surface area contributed by atoms with Gasteiger partial charge >= 0.3 is 0 Å². The first-order valence-corrected chi connectivity index (χ1v) is 11.7. The van der Waals surface area contributed by atoms with E-state index in [1.165, 1.54) is 83.5 Å². The van der Waals surface area contributed by atoms with E-state index < -0.39 is 0 Å². The van der Waals surface area contributed by atoms with Crippen LogP contribution in [-0.4, -0.2) is 25.4 Å². The van der Waals surface area contributed by atoms with Crippen molar-refractivity contribution in [2.75, 3.05) is 19.1 Å². The zero-order valence-corrected chi connectivity index (χ0v) is 18.0. The van der Waals surface area contributed by atoms with Crippen LogP contribution in [0.3, 0.4) is 0 Å². The number of halogens is 1. The fourth-order valence-electron chi connectivity index (χ4n) is 2.99. The van der Waals surface area contributed by atoms with Crippen LogP contribution in [0.1, 0.15) is 117 Å². The number of hydrogen-bond acceptors (Lipinski definition) is 2. The van der Waals surface area contributed by atoms with E-state index in [-0.39, 0.29) is 6.29 Å². The Hall–Kier alpha value is 0.210. The zero-order chi connectivity index (χ0) is 18.4. The van der Waals surface area contributed by atoms with Crippen molar-refractivity contribution in [2.45, 2.75) is 123 Å². The van der Waals surface area contributed by atoms with Gasteiger partial charge in [-0.1, -0.05) is 84.5 Å². The molecule has 0 rings (SSSR count). The Kier molecular flexibility index (Phi) is 22.4. The fourth-order valence-corrected chi connectivity index (χ4v) is 3.18. The van der Waals surface area contributed by atoms with Crippen LogP contribution in [0.4, 0.5) is 0 Å². The molecule has 0 radical (unpaired) electrons. The molecule has 0 N–H and O–H groups in total. The summed E-state index contributed by atoms with van der Waals surface area (Å²) in [5, 5.41) is 0. The fraction of sp³-hybridized carbons (Fsp3) is 1.00. The predicted molar refractivity (Wildman–Crippen MR) is 112 cm³/mol. The van der Waals surface area contributed by atoms with Crippen molar-refractivity contribution in [3.8, 4) is 0 Å². The van der Waals surface area contributed by atoms with Gasteiger partial charge in [-0.2, -0.15) is 0 Å². The predicted octanol–water partition coefficient (Wildman–Crippen LogP) is 7.87. The van der Waals surface area contributed by atoms with Gasteiger partial charge in [0.05, 0.1) is 0 Å². The highest BCUT2D eigenvalue weighted by Crippen LogP contribution is 2.13. The molecule has 0 saturated heterocycles. The van der Waals surface area contributed by atoms with Crippen molar-refractivity contribution in [3.05, 3.63) is 0 Å². The van der Waals surface area contributed by atoms with Crippen molar-refractivity contribution >= 4 is 11.6 Å². The van der Waals surface area contributed by atoms with E-state index in [1.54, 1.807) is 0 Å². The van der Waals surface area contributed by atoms with Crippen LogP contribution in [0.2, 0.25) is 0 Å². The van der Waals surface area contributed by atoms with Gasteiger partial charge in [-0.15, -0.1) is 11.6 Å². The van der Waals surface area contributed by atoms with Gasteiger partial charge in [0.15, 0.2) is 6.29 Å². The summed E-state index contributed by atoms with van der Waals surface area (Å²) in [6.07, 6.45) is 20.2. The highest BCUT2D eigenvalue weighted by atomic mass is 35.5. The Bertz CT molecular complexity index is 218. The maximum Gasteiger partial charge on any atom is 0.157 e. The first kappa shape index (κ1) is 25.2. The average molecular weight is 377 g/mol. The van der Waals surface area contributed by atoms with Crippen LogP contribution >= 0.6 is 11.6 Å². The molecule has 0 aliphatic heterocycles. The minimum Gasteiger partial charge on any atom is -0.353 e. The Morgan fingerprint density at radius 3 is 1.48 bits per heavy atom. The Labute approximate surface area is 163 Å². The van der Waals surface area contributed by atoms with E-state index >= 15 is 0 Å². The molecular formula is C22H45ClO2. The molecule has 0 bridgehead atoms. The Balaban J connectivity index is 3.71. The zero-order valence-electron chi connectivity index (χ0n) is 17.2. The molecule has 2 nitrogen and oxygen atoms in total. The maximum absolute atomic E-state index is 6.02. The molecule has 0 spiro atoms. The highest BCUT2D eigenvalue weighted by Gasteiger charge is 2.09. The third-order valence-electron chi connectivity index (χ3n) is 4.68. The summed E-state index contributed by atoms with van der Waals surface area (Å²) in [6, 6.07) is 0. The number of rotatable bonds is 21. The third kappa shape index (κ3) is 20.4. The number of ether oxygens (including phenoxy) is 2. The quantitative estimate of drug-likeness (QED) is 0.115. The van der Waals surface area contributed by atoms with Gasteiger partial charge in [0.2, 0.25) is 0 Å². The van der Waals surface area contributed by atoms with E-state index in [0.717, 1.165) is 38.4 Å². The van der Waals surface area contributed by atoms with Crippen LogP contribution in [0.25, 0.3) is 0 Å². The maximum atomic E-state index is 6.02. The molecule has 0 heterocycles. The summed E-state index contributed by atoms with van der Waals surface area (Å²) < 4.78 is 12.0. The molecule has 0 aromatic heterocycles. The minimum absolute atomic E-state index is 0.00149. The van der Waals surface area contributed by atoms with Crippen molar-refractivity contribution in [1.82, 2.24) is 0 Å². The second kappa shape index (κ2) is 22.3. The van der Waals surface area contributed by atoms with E-state index in [4.69, 9.17) is 21.1 Å². The van der Waals surface area contributed by atoms with Crippen molar-refractivity contribution in [1.29, 1.82) is 0 Å². The van der Waals surface area contributed by atoms with Crippen molar-refractivity contribution in [3.63, 3.8) is 0 Å². The number of alkyl halides is 1. The molecule has 0 saturated carbocycles. The minimum atomic E-state index is 0.00149. The van der Waals surface area contributed by atoms with Crippen molar-refractivity contribution in [2.24, 2.45) is 0 Å². The largest absolute Gasteiger partial charge is 0.353 e. The molecule has 0 amide bonds. The summed E-state index contributed by atoms with van der Waals surface area (Å²) in [5.41, 5.74) is 0. The second-order valence-corrected chi connectivity index (χ2v) is 7.62. The standard InChI is InChI=1S/C22H45ClO2/c1-3-5-7-9-11-16-20-24-22(18-14-13-15-19-23)25-21-17-12-10-8-6-4-2/h22H,3-21H2,1-2H3. The molecule has 0 aromatic rings. The topological polar surface area (TPSA) is 18.5 Å². The van der Waals surface area contributed by atoms with Gasteiger partial charge < -0.3 is 9.47 Å². The SMILES string of the molecule is CCCCCCCCOC(CCCCCCl)OCCCCCCCC. The van der Waals surface area contributed by atoms with Gasteiger partial charge in [0.1, 0.15) is 0 Å². The van der Waals surface area contributed by atoms with Crippen LogP contribution in [0.5, 0.6) is 0 Å². The lowest BCUT2D eigenvalue weighted by molar-refractivity contribution is -0.148. The van der Waals surface area contributed by atoms with Crippen LogP contribution in [0, 0.1) is 0 Å². The first-order valence-electron chi connectivity index (χ1n) is 11.1. The van der Waals surface area contributed by atoms with Gasteiger partial charge in [-0.25, -0.2) is 0 Å². The molecule has 0 aliphatic carbocycles. The molecule has 3 heteroatoms. The summed E-state index contributed by atoms with van der Waals surface area (Å²) in [4.78, 5) is 0. The number of hydrogen-bond donors (Lipinski definition) is 0. The third-order valence-corrected chi connectivity index (χ3v) is 4.94. The van der Waals surface area contributed by atoms with E-state index in [9.17, 15) is 0 Å². The molecule has 0 aliphatic rings. The van der Waals surface area contributed by atoms with Crippen LogP contribution < -0.4 is 0 Å². The molecule has 0 aromatic carbocycles. The normalized spacial score (nSPS) is 11.5. The van der Waals surface area contributed by atoms with Gasteiger partial charge in [-0.05, 0) is 32.1 Å². The molecule has 0 fully saturated rings. The van der Waals surface area contributed by atoms with Crippen LogP contribution in [-0.2, 0) is 9.47 Å². The van der Waals surface area contributed by atoms with E-state index in [1.807, 2.05) is 0 Å². The molecule has 25 heavy (non-hydrogen) atoms. The summed E-state index contributed by atoms with van der Waals surface area (Å²) in [7, 11) is 0. The van der Waals surface area contributed by atoms with E-state index in [2.05, 4.69) is 13.8 Å². The van der Waals surface area contributed by atoms with E-state index in [0.29, 0.717) is 0 Å². The Morgan fingerprint density at radius 2 is 1.00 bits per heavy atom. The molecule has 152 valence electrons. The first-order chi connectivity index (χ1) is 12.3. The average Bonchev–Trinajstić information content (AvgIpc) is 2.63. The molecule has 0 unspecified atom stereocenters. The highest BCUT2D eigenvalue weighted by molar-refractivity contribution is 6.17. The number of unbranched alkanes of at least 4 members (excludes halogenated alkanes) is 12. The lowest BCUT2D eigenvalue weighted by atomic mass is 10.1. The van der Waals surface area contributed by atoms with Crippen LogP contribution in [0.15, 0.2) is 0 Å². The summed E-state index contributed by atoms with van der Waals surface area (Å²) in [6.45, 7) is 6.23. The second-order valence-electron chi connectivity index (χ2n) is 7.24.